The molecule has 1 N–H and O–H groups in total. The van der Waals surface area contributed by atoms with E-state index < -0.39 is 6.04 Å². The fraction of sp³-hybridized carbons (Fsp3) is 0.647. The van der Waals surface area contributed by atoms with Crippen LogP contribution in [0.3, 0.4) is 0 Å². The van der Waals surface area contributed by atoms with Gasteiger partial charge in [-0.3, -0.25) is 9.36 Å². The Bertz CT molecular complexity index is 652. The summed E-state index contributed by atoms with van der Waals surface area (Å²) in [4.78, 5) is 32.0. The third-order valence-corrected chi connectivity index (χ3v) is 3.78. The standard InChI is InChI=1S/C15H22N4O3.C2H6/c1-5-9(2)6-16-13-10(3)14(20)19(8-17-13)7-12-18-11(4)15(21)22-12;1-2/h8-9,11,16H,5-7H2,1-4H3;1-2H3. The lowest BCUT2D eigenvalue weighted by Crippen LogP contribution is -2.28. The third-order valence-electron chi connectivity index (χ3n) is 3.78. The highest BCUT2D eigenvalue weighted by atomic mass is 16.6. The molecule has 0 aliphatic carbocycles. The topological polar surface area (TPSA) is 85.6 Å². The highest BCUT2D eigenvalue weighted by Gasteiger charge is 2.25. The molecule has 0 amide bonds. The van der Waals surface area contributed by atoms with Gasteiger partial charge in [0, 0.05) is 6.54 Å². The molecule has 24 heavy (non-hydrogen) atoms. The predicted octanol–water partition coefficient (Wildman–Crippen LogP) is 2.38. The summed E-state index contributed by atoms with van der Waals surface area (Å²) >= 11 is 0. The molecule has 134 valence electrons. The van der Waals surface area contributed by atoms with Gasteiger partial charge in [-0.25, -0.2) is 14.8 Å². The van der Waals surface area contributed by atoms with Gasteiger partial charge in [0.05, 0.1) is 5.56 Å². The fourth-order valence-electron chi connectivity index (χ4n) is 2.01. The summed E-state index contributed by atoms with van der Waals surface area (Å²) < 4.78 is 6.40. The first-order valence-electron chi connectivity index (χ1n) is 8.50. The molecule has 0 aromatic carbocycles. The van der Waals surface area contributed by atoms with E-state index in [1.807, 2.05) is 13.8 Å². The lowest BCUT2D eigenvalue weighted by atomic mass is 10.1. The van der Waals surface area contributed by atoms with Crippen molar-refractivity contribution in [2.75, 3.05) is 11.9 Å². The molecular formula is C17H28N4O3. The van der Waals surface area contributed by atoms with Gasteiger partial charge in [-0.1, -0.05) is 34.1 Å². The minimum absolute atomic E-state index is 0.119. The van der Waals surface area contributed by atoms with E-state index in [1.165, 1.54) is 10.9 Å². The molecule has 1 aliphatic rings. The summed E-state index contributed by atoms with van der Waals surface area (Å²) in [6, 6.07) is -0.503. The summed E-state index contributed by atoms with van der Waals surface area (Å²) in [5, 5.41) is 3.20. The first kappa shape index (κ1) is 19.9. The number of hydrogen-bond donors (Lipinski definition) is 1. The van der Waals surface area contributed by atoms with E-state index >= 15 is 0 Å². The monoisotopic (exact) mass is 336 g/mol. The van der Waals surface area contributed by atoms with Crippen LogP contribution in [0.4, 0.5) is 5.82 Å². The first-order valence-corrected chi connectivity index (χ1v) is 8.50. The lowest BCUT2D eigenvalue weighted by Gasteiger charge is -2.13. The number of ether oxygens (including phenoxy) is 1. The number of cyclic esters (lactones) is 1. The zero-order valence-corrected chi connectivity index (χ0v) is 15.4. The van der Waals surface area contributed by atoms with Crippen molar-refractivity contribution < 1.29 is 9.53 Å². The van der Waals surface area contributed by atoms with Gasteiger partial charge in [0.25, 0.3) is 5.56 Å². The summed E-state index contributed by atoms with van der Waals surface area (Å²) in [5.74, 6) is 0.971. The number of hydrogen-bond acceptors (Lipinski definition) is 6. The third kappa shape index (κ3) is 4.91. The number of nitrogens with zero attached hydrogens (tertiary/aromatic N) is 3. The quantitative estimate of drug-likeness (QED) is 0.806. The fourth-order valence-corrected chi connectivity index (χ4v) is 2.01. The van der Waals surface area contributed by atoms with Crippen molar-refractivity contribution in [1.82, 2.24) is 9.55 Å². The number of rotatable bonds is 6. The predicted molar refractivity (Wildman–Crippen MR) is 95.5 cm³/mol. The SMILES string of the molecule is CC.CCC(C)CNc1ncn(CC2=NC(C)C(=O)O2)c(=O)c1C. The van der Waals surface area contributed by atoms with Crippen molar-refractivity contribution >= 4 is 17.7 Å². The Morgan fingerprint density at radius 3 is 2.58 bits per heavy atom. The minimum Gasteiger partial charge on any atom is -0.408 e. The van der Waals surface area contributed by atoms with Crippen LogP contribution >= 0.6 is 0 Å². The Morgan fingerprint density at radius 2 is 2.04 bits per heavy atom. The van der Waals surface area contributed by atoms with Crippen LogP contribution in [0.2, 0.25) is 0 Å². The average molecular weight is 336 g/mol. The van der Waals surface area contributed by atoms with Gasteiger partial charge in [-0.05, 0) is 19.8 Å². The van der Waals surface area contributed by atoms with Crippen molar-refractivity contribution in [3.05, 3.63) is 22.2 Å². The molecule has 0 fully saturated rings. The number of anilines is 1. The van der Waals surface area contributed by atoms with E-state index in [-0.39, 0.29) is 24.0 Å². The molecule has 2 unspecified atom stereocenters. The van der Waals surface area contributed by atoms with Gasteiger partial charge in [-0.2, -0.15) is 0 Å². The van der Waals surface area contributed by atoms with E-state index in [2.05, 4.69) is 29.1 Å². The molecule has 0 saturated carbocycles. The van der Waals surface area contributed by atoms with Gasteiger partial charge < -0.3 is 10.1 Å². The summed E-state index contributed by atoms with van der Waals surface area (Å²) in [5.41, 5.74) is 0.378. The molecule has 2 atom stereocenters. The number of nitrogens with one attached hydrogen (secondary N) is 1. The zero-order valence-electron chi connectivity index (χ0n) is 15.4. The summed E-state index contributed by atoms with van der Waals surface area (Å²) in [6.45, 7) is 12.5. The van der Waals surface area contributed by atoms with Crippen LogP contribution in [0, 0.1) is 12.8 Å². The largest absolute Gasteiger partial charge is 0.408 e. The van der Waals surface area contributed by atoms with Crippen LogP contribution in [-0.4, -0.2) is 34.0 Å². The maximum Gasteiger partial charge on any atom is 0.337 e. The first-order chi connectivity index (χ1) is 11.4. The Morgan fingerprint density at radius 1 is 1.38 bits per heavy atom. The van der Waals surface area contributed by atoms with Gasteiger partial charge >= 0.3 is 5.97 Å². The Kier molecular flexibility index (Phi) is 7.61. The molecule has 1 aliphatic heterocycles. The highest BCUT2D eigenvalue weighted by Crippen LogP contribution is 2.10. The van der Waals surface area contributed by atoms with Crippen molar-refractivity contribution in [3.8, 4) is 0 Å². The smallest absolute Gasteiger partial charge is 0.337 e. The maximum atomic E-state index is 12.3. The number of aliphatic imine (C=N–C) groups is 1. The highest BCUT2D eigenvalue weighted by molar-refractivity contribution is 5.96. The Labute approximate surface area is 143 Å². The number of carbonyl (C=O) groups excluding carboxylic acids is 1. The molecular weight excluding hydrogens is 308 g/mol. The van der Waals surface area contributed by atoms with Crippen LogP contribution in [0.25, 0.3) is 0 Å². The van der Waals surface area contributed by atoms with Gasteiger partial charge in [0.1, 0.15) is 24.7 Å². The van der Waals surface area contributed by atoms with Crippen molar-refractivity contribution in [2.45, 2.75) is 60.5 Å². The normalized spacial score (nSPS) is 17.5. The van der Waals surface area contributed by atoms with Crippen LogP contribution < -0.4 is 10.9 Å². The van der Waals surface area contributed by atoms with Crippen LogP contribution in [0.15, 0.2) is 16.1 Å². The van der Waals surface area contributed by atoms with Crippen molar-refractivity contribution in [2.24, 2.45) is 10.9 Å². The molecule has 0 saturated heterocycles. The summed E-state index contributed by atoms with van der Waals surface area (Å²) in [7, 11) is 0. The van der Waals surface area contributed by atoms with Gasteiger partial charge in [-0.15, -0.1) is 0 Å². The van der Waals surface area contributed by atoms with E-state index in [0.717, 1.165) is 13.0 Å². The molecule has 7 nitrogen and oxygen atoms in total. The molecule has 0 radical (unpaired) electrons. The second-order valence-electron chi connectivity index (χ2n) is 5.67. The minimum atomic E-state index is -0.503. The second-order valence-corrected chi connectivity index (χ2v) is 5.67. The van der Waals surface area contributed by atoms with Gasteiger partial charge in [0.2, 0.25) is 5.90 Å². The molecule has 0 bridgehead atoms. The second kappa shape index (κ2) is 9.20. The van der Waals surface area contributed by atoms with Gasteiger partial charge in [0.15, 0.2) is 0 Å². The zero-order chi connectivity index (χ0) is 18.3. The molecule has 7 heteroatoms. The summed E-state index contributed by atoms with van der Waals surface area (Å²) in [6.07, 6.45) is 2.51. The molecule has 1 aromatic heterocycles. The lowest BCUT2D eigenvalue weighted by molar-refractivity contribution is -0.134. The van der Waals surface area contributed by atoms with E-state index in [4.69, 9.17) is 4.74 Å². The van der Waals surface area contributed by atoms with Crippen molar-refractivity contribution in [3.63, 3.8) is 0 Å². The molecule has 2 rings (SSSR count). The Balaban J connectivity index is 0.00000139. The van der Waals surface area contributed by atoms with E-state index in [1.54, 1.807) is 13.8 Å². The van der Waals surface area contributed by atoms with E-state index in [0.29, 0.717) is 17.3 Å². The van der Waals surface area contributed by atoms with Crippen molar-refractivity contribution in [1.29, 1.82) is 0 Å². The average Bonchev–Trinajstić information content (AvgIpc) is 2.90. The molecule has 2 heterocycles. The van der Waals surface area contributed by atoms with Crippen LogP contribution in [-0.2, 0) is 16.1 Å². The number of carbonyl (C=O) groups is 1. The Hall–Kier alpha value is -2.18. The van der Waals surface area contributed by atoms with E-state index in [9.17, 15) is 9.59 Å². The number of aromatic nitrogens is 2. The number of esters is 1. The van der Waals surface area contributed by atoms with Crippen LogP contribution in [0.1, 0.15) is 46.6 Å². The maximum absolute atomic E-state index is 12.3. The molecule has 1 aromatic rings. The van der Waals surface area contributed by atoms with Crippen LogP contribution in [0.5, 0.6) is 0 Å². The molecule has 0 spiro atoms.